The molecule has 20 heavy (non-hydrogen) atoms. The molecule has 0 saturated carbocycles. The van der Waals surface area contributed by atoms with Gasteiger partial charge in [0.25, 0.3) is 10.0 Å². The topological polar surface area (TPSA) is 50.3 Å². The van der Waals surface area contributed by atoms with Crippen LogP contribution >= 0.6 is 22.9 Å². The maximum absolute atomic E-state index is 12.5. The molecule has 7 heteroatoms. The molecule has 1 atom stereocenters. The minimum absolute atomic E-state index is 0.219. The Bertz CT molecular complexity index is 700. The second-order valence-corrected chi connectivity index (χ2v) is 8.47. The Labute approximate surface area is 127 Å². The Morgan fingerprint density at radius 3 is 2.70 bits per heavy atom. The first-order chi connectivity index (χ1) is 9.57. The number of aromatic nitrogens is 1. The molecule has 106 valence electrons. The summed E-state index contributed by atoms with van der Waals surface area (Å²) in [5.41, 5.74) is 1.19. The van der Waals surface area contributed by atoms with Gasteiger partial charge in [0.2, 0.25) is 0 Å². The Kier molecular flexibility index (Phi) is 3.81. The molecule has 1 aliphatic heterocycles. The van der Waals surface area contributed by atoms with Crippen molar-refractivity contribution in [3.8, 4) is 0 Å². The number of hydrogen-bond acceptors (Lipinski definition) is 4. The molecule has 0 aliphatic carbocycles. The van der Waals surface area contributed by atoms with E-state index in [1.165, 1.54) is 16.1 Å². The Balaban J connectivity index is 1.80. The molecule has 0 amide bonds. The molecule has 3 rings (SSSR count). The monoisotopic (exact) mass is 328 g/mol. The highest BCUT2D eigenvalue weighted by atomic mass is 35.5. The van der Waals surface area contributed by atoms with Crippen LogP contribution in [0.1, 0.15) is 17.9 Å². The van der Waals surface area contributed by atoms with Gasteiger partial charge in [-0.2, -0.15) is 4.31 Å². The smallest absolute Gasteiger partial charge is 0.232 e. The Hall–Kier alpha value is -0.950. The molecule has 2 heterocycles. The molecule has 0 radical (unpaired) electrons. The summed E-state index contributed by atoms with van der Waals surface area (Å²) < 4.78 is 26.9. The number of hydrogen-bond donors (Lipinski definition) is 0. The molecular weight excluding hydrogens is 316 g/mol. The van der Waals surface area contributed by atoms with Crippen molar-refractivity contribution in [2.24, 2.45) is 0 Å². The average Bonchev–Trinajstić information content (AvgIpc) is 3.09. The van der Waals surface area contributed by atoms with Gasteiger partial charge in [0.05, 0.1) is 6.20 Å². The summed E-state index contributed by atoms with van der Waals surface area (Å²) in [7, 11) is -3.45. The zero-order valence-electron chi connectivity index (χ0n) is 10.6. The fourth-order valence-electron chi connectivity index (χ4n) is 2.43. The van der Waals surface area contributed by atoms with Crippen LogP contribution in [-0.2, 0) is 10.0 Å². The fraction of sp³-hybridized carbons (Fsp3) is 0.308. The molecule has 1 fully saturated rings. The van der Waals surface area contributed by atoms with Crippen LogP contribution in [0.4, 0.5) is 0 Å². The summed E-state index contributed by atoms with van der Waals surface area (Å²) in [5.74, 6) is 0.259. The molecule has 4 nitrogen and oxygen atoms in total. The molecule has 0 spiro atoms. The van der Waals surface area contributed by atoms with Crippen LogP contribution in [0.5, 0.6) is 0 Å². The third kappa shape index (κ3) is 2.61. The van der Waals surface area contributed by atoms with Crippen LogP contribution in [0.2, 0.25) is 4.47 Å². The Morgan fingerprint density at radius 1 is 1.30 bits per heavy atom. The highest BCUT2D eigenvalue weighted by Crippen LogP contribution is 2.33. The average molecular weight is 329 g/mol. The van der Waals surface area contributed by atoms with Crippen molar-refractivity contribution < 1.29 is 8.42 Å². The van der Waals surface area contributed by atoms with Crippen molar-refractivity contribution in [1.82, 2.24) is 9.29 Å². The largest absolute Gasteiger partial charge is 0.254 e. The van der Waals surface area contributed by atoms with Gasteiger partial charge in [0.1, 0.15) is 0 Å². The van der Waals surface area contributed by atoms with Gasteiger partial charge >= 0.3 is 0 Å². The van der Waals surface area contributed by atoms with E-state index >= 15 is 0 Å². The molecule has 0 bridgehead atoms. The second kappa shape index (κ2) is 5.44. The fourth-order valence-corrected chi connectivity index (χ4v) is 5.38. The zero-order valence-corrected chi connectivity index (χ0v) is 13.0. The number of benzene rings is 1. The van der Waals surface area contributed by atoms with Crippen molar-refractivity contribution in [2.75, 3.05) is 13.1 Å². The summed E-state index contributed by atoms with van der Waals surface area (Å²) in [6.45, 7) is 1.05. The predicted octanol–water partition coefficient (Wildman–Crippen LogP) is 2.97. The van der Waals surface area contributed by atoms with Crippen molar-refractivity contribution in [3.63, 3.8) is 0 Å². The number of thiazole rings is 1. The minimum Gasteiger partial charge on any atom is -0.232 e. The minimum atomic E-state index is -3.45. The lowest BCUT2D eigenvalue weighted by molar-refractivity contribution is 0.474. The summed E-state index contributed by atoms with van der Waals surface area (Å²) in [5, 5.41) is 0. The number of nitrogens with zero attached hydrogens (tertiary/aromatic N) is 2. The van der Waals surface area contributed by atoms with Crippen LogP contribution in [0.3, 0.4) is 0 Å². The normalized spacial score (nSPS) is 20.4. The molecule has 0 N–H and O–H groups in total. The second-order valence-electron chi connectivity index (χ2n) is 4.69. The molecular formula is C13H13ClN2O2S2. The van der Waals surface area contributed by atoms with E-state index in [9.17, 15) is 8.42 Å². The third-order valence-corrected chi connectivity index (χ3v) is 6.89. The third-order valence-electron chi connectivity index (χ3n) is 3.47. The van der Waals surface area contributed by atoms with Gasteiger partial charge in [0.15, 0.2) is 8.68 Å². The highest BCUT2D eigenvalue weighted by molar-refractivity contribution is 7.91. The van der Waals surface area contributed by atoms with Gasteiger partial charge < -0.3 is 0 Å². The van der Waals surface area contributed by atoms with E-state index in [-0.39, 0.29) is 14.6 Å². The maximum atomic E-state index is 12.5. The van der Waals surface area contributed by atoms with Gasteiger partial charge in [-0.3, -0.25) is 0 Å². The number of sulfonamides is 1. The van der Waals surface area contributed by atoms with E-state index < -0.39 is 10.0 Å². The lowest BCUT2D eigenvalue weighted by atomic mass is 9.99. The van der Waals surface area contributed by atoms with E-state index in [4.69, 9.17) is 11.6 Å². The maximum Gasteiger partial charge on any atom is 0.254 e. The molecule has 1 aliphatic rings. The zero-order chi connectivity index (χ0) is 14.2. The summed E-state index contributed by atoms with van der Waals surface area (Å²) in [4.78, 5) is 3.81. The summed E-state index contributed by atoms with van der Waals surface area (Å²) in [6, 6.07) is 10.0. The summed E-state index contributed by atoms with van der Waals surface area (Å²) in [6.07, 6.45) is 2.17. The van der Waals surface area contributed by atoms with Gasteiger partial charge in [-0.15, -0.1) is 0 Å². The van der Waals surface area contributed by atoms with Crippen molar-refractivity contribution >= 4 is 33.0 Å². The van der Waals surface area contributed by atoms with Gasteiger partial charge in [0, 0.05) is 13.1 Å². The number of rotatable bonds is 3. The lowest BCUT2D eigenvalue weighted by Crippen LogP contribution is -2.28. The standard InChI is InChI=1S/C13H13ClN2O2S2/c14-13-15-8-12(19-13)20(17,18)16-7-6-11(9-16)10-4-2-1-3-5-10/h1-5,8,11H,6-7,9H2. The first kappa shape index (κ1) is 14.0. The lowest BCUT2D eigenvalue weighted by Gasteiger charge is -2.15. The first-order valence-corrected chi connectivity index (χ1v) is 8.87. The SMILES string of the molecule is O=S(=O)(c1cnc(Cl)s1)N1CCC(c2ccccc2)C1. The molecule has 1 aromatic carbocycles. The first-order valence-electron chi connectivity index (χ1n) is 6.24. The van der Waals surface area contributed by atoms with Crippen LogP contribution < -0.4 is 0 Å². The predicted molar refractivity (Wildman–Crippen MR) is 79.7 cm³/mol. The van der Waals surface area contributed by atoms with Crippen LogP contribution in [0.15, 0.2) is 40.7 Å². The van der Waals surface area contributed by atoms with Crippen LogP contribution in [0.25, 0.3) is 0 Å². The van der Waals surface area contributed by atoms with Crippen molar-refractivity contribution in [3.05, 3.63) is 46.6 Å². The van der Waals surface area contributed by atoms with Crippen LogP contribution in [-0.4, -0.2) is 30.8 Å². The van der Waals surface area contributed by atoms with Crippen molar-refractivity contribution in [1.29, 1.82) is 0 Å². The molecule has 1 aromatic heterocycles. The van der Waals surface area contributed by atoms with Crippen molar-refractivity contribution in [2.45, 2.75) is 16.5 Å². The van der Waals surface area contributed by atoms with Gasteiger partial charge in [-0.05, 0) is 17.9 Å². The quantitative estimate of drug-likeness (QED) is 0.870. The summed E-state index contributed by atoms with van der Waals surface area (Å²) >= 11 is 6.73. The molecule has 1 saturated heterocycles. The van der Waals surface area contributed by atoms with Gasteiger partial charge in [-0.1, -0.05) is 53.3 Å². The van der Waals surface area contributed by atoms with Gasteiger partial charge in [-0.25, -0.2) is 13.4 Å². The molecule has 1 unspecified atom stereocenters. The van der Waals surface area contributed by atoms with E-state index in [0.717, 1.165) is 17.8 Å². The molecule has 2 aromatic rings. The van der Waals surface area contributed by atoms with E-state index in [1.807, 2.05) is 30.3 Å². The van der Waals surface area contributed by atoms with E-state index in [2.05, 4.69) is 4.98 Å². The number of halogens is 1. The van der Waals surface area contributed by atoms with E-state index in [0.29, 0.717) is 13.1 Å². The highest BCUT2D eigenvalue weighted by Gasteiger charge is 2.34. The van der Waals surface area contributed by atoms with E-state index in [1.54, 1.807) is 0 Å². The Morgan fingerprint density at radius 2 is 2.05 bits per heavy atom. The van der Waals surface area contributed by atoms with Crippen LogP contribution in [0, 0.1) is 0 Å².